The standard InChI is InChI=1S/C15H25N3O3/c1-13(14-4-2-11-21-14)16-15(20)12-18-6-3-5-17(7-8-18)9-10-19/h2,4,11,13,19H,3,5-10,12H2,1H3,(H,16,20). The van der Waals surface area contributed by atoms with Gasteiger partial charge in [0.2, 0.25) is 5.91 Å². The zero-order valence-corrected chi connectivity index (χ0v) is 12.6. The van der Waals surface area contributed by atoms with Crippen molar-refractivity contribution in [1.29, 1.82) is 0 Å². The molecule has 2 N–H and O–H groups in total. The summed E-state index contributed by atoms with van der Waals surface area (Å²) in [6.45, 7) is 6.92. The largest absolute Gasteiger partial charge is 0.467 e. The summed E-state index contributed by atoms with van der Waals surface area (Å²) in [7, 11) is 0. The summed E-state index contributed by atoms with van der Waals surface area (Å²) < 4.78 is 5.29. The second-order valence-corrected chi connectivity index (χ2v) is 5.50. The van der Waals surface area contributed by atoms with E-state index in [2.05, 4.69) is 15.1 Å². The minimum atomic E-state index is -0.106. The van der Waals surface area contributed by atoms with E-state index in [1.54, 1.807) is 6.26 Å². The molecule has 1 atom stereocenters. The van der Waals surface area contributed by atoms with Gasteiger partial charge in [0.25, 0.3) is 0 Å². The van der Waals surface area contributed by atoms with E-state index in [0.717, 1.165) is 44.9 Å². The van der Waals surface area contributed by atoms with E-state index in [1.165, 1.54) is 0 Å². The van der Waals surface area contributed by atoms with E-state index >= 15 is 0 Å². The van der Waals surface area contributed by atoms with Gasteiger partial charge in [0.15, 0.2) is 0 Å². The van der Waals surface area contributed by atoms with Crippen LogP contribution in [-0.2, 0) is 4.79 Å². The van der Waals surface area contributed by atoms with E-state index < -0.39 is 0 Å². The highest BCUT2D eigenvalue weighted by Gasteiger charge is 2.18. The Kier molecular flexibility index (Phi) is 6.22. The van der Waals surface area contributed by atoms with Crippen molar-refractivity contribution in [1.82, 2.24) is 15.1 Å². The molecule has 0 radical (unpaired) electrons. The molecular formula is C15H25N3O3. The van der Waals surface area contributed by atoms with Gasteiger partial charge in [-0.25, -0.2) is 0 Å². The maximum Gasteiger partial charge on any atom is 0.234 e. The van der Waals surface area contributed by atoms with Gasteiger partial charge < -0.3 is 14.8 Å². The predicted octanol–water partition coefficient (Wildman–Crippen LogP) is 0.457. The number of aliphatic hydroxyl groups excluding tert-OH is 1. The Morgan fingerprint density at radius 2 is 2.14 bits per heavy atom. The van der Waals surface area contributed by atoms with Gasteiger partial charge in [-0.15, -0.1) is 0 Å². The van der Waals surface area contributed by atoms with Crippen LogP contribution in [0.2, 0.25) is 0 Å². The molecule has 0 aromatic carbocycles. The van der Waals surface area contributed by atoms with Crippen molar-refractivity contribution in [3.05, 3.63) is 24.2 Å². The summed E-state index contributed by atoms with van der Waals surface area (Å²) in [5.41, 5.74) is 0. The van der Waals surface area contributed by atoms with E-state index in [0.29, 0.717) is 6.54 Å². The summed E-state index contributed by atoms with van der Waals surface area (Å²) in [5.74, 6) is 0.794. The minimum Gasteiger partial charge on any atom is -0.467 e. The molecule has 1 aliphatic rings. The third-order valence-electron chi connectivity index (χ3n) is 3.81. The van der Waals surface area contributed by atoms with E-state index in [-0.39, 0.29) is 18.6 Å². The normalized spacial score (nSPS) is 19.1. The van der Waals surface area contributed by atoms with Gasteiger partial charge in [-0.1, -0.05) is 0 Å². The first-order valence-corrected chi connectivity index (χ1v) is 7.57. The number of rotatable bonds is 6. The second-order valence-electron chi connectivity index (χ2n) is 5.50. The molecule has 1 unspecified atom stereocenters. The van der Waals surface area contributed by atoms with Crippen molar-refractivity contribution in [3.63, 3.8) is 0 Å². The fourth-order valence-corrected chi connectivity index (χ4v) is 2.65. The van der Waals surface area contributed by atoms with Gasteiger partial charge in [0, 0.05) is 19.6 Å². The highest BCUT2D eigenvalue weighted by atomic mass is 16.3. The number of nitrogens with one attached hydrogen (secondary N) is 1. The van der Waals surface area contributed by atoms with Crippen molar-refractivity contribution in [2.75, 3.05) is 45.9 Å². The Labute approximate surface area is 125 Å². The third kappa shape index (κ3) is 5.15. The maximum absolute atomic E-state index is 12.1. The first kappa shape index (κ1) is 16.0. The Hall–Kier alpha value is -1.37. The van der Waals surface area contributed by atoms with E-state index in [9.17, 15) is 4.79 Å². The Bertz CT molecular complexity index is 422. The molecule has 1 fully saturated rings. The summed E-state index contributed by atoms with van der Waals surface area (Å²) in [6.07, 6.45) is 2.64. The molecule has 1 saturated heterocycles. The minimum absolute atomic E-state index is 0.0227. The summed E-state index contributed by atoms with van der Waals surface area (Å²) in [4.78, 5) is 16.5. The summed E-state index contributed by atoms with van der Waals surface area (Å²) >= 11 is 0. The number of hydrogen-bond donors (Lipinski definition) is 2. The number of β-amino-alcohol motifs (C(OH)–C–C–N with tert-alkyl or cyclic N) is 1. The predicted molar refractivity (Wildman–Crippen MR) is 79.8 cm³/mol. The molecule has 1 aromatic heterocycles. The molecule has 1 aromatic rings. The number of hydrogen-bond acceptors (Lipinski definition) is 5. The molecule has 0 bridgehead atoms. The van der Waals surface area contributed by atoms with Crippen LogP contribution in [0.15, 0.2) is 22.8 Å². The van der Waals surface area contributed by atoms with Crippen LogP contribution < -0.4 is 5.32 Å². The van der Waals surface area contributed by atoms with Crippen molar-refractivity contribution < 1.29 is 14.3 Å². The number of amides is 1. The second kappa shape index (κ2) is 8.17. The quantitative estimate of drug-likeness (QED) is 0.798. The van der Waals surface area contributed by atoms with Crippen molar-refractivity contribution in [2.24, 2.45) is 0 Å². The Morgan fingerprint density at radius 1 is 1.38 bits per heavy atom. The van der Waals surface area contributed by atoms with Crippen LogP contribution in [0.1, 0.15) is 25.1 Å². The van der Waals surface area contributed by atoms with E-state index in [1.807, 2.05) is 19.1 Å². The molecule has 0 spiro atoms. The summed E-state index contributed by atoms with van der Waals surface area (Å²) in [5, 5.41) is 11.9. The van der Waals surface area contributed by atoms with Gasteiger partial charge in [0.1, 0.15) is 5.76 Å². The first-order valence-electron chi connectivity index (χ1n) is 7.57. The van der Waals surface area contributed by atoms with Gasteiger partial charge in [-0.2, -0.15) is 0 Å². The molecule has 2 heterocycles. The van der Waals surface area contributed by atoms with Crippen molar-refractivity contribution in [2.45, 2.75) is 19.4 Å². The highest BCUT2D eigenvalue weighted by molar-refractivity contribution is 5.78. The first-order chi connectivity index (χ1) is 10.2. The van der Waals surface area contributed by atoms with Crippen molar-refractivity contribution >= 4 is 5.91 Å². The van der Waals surface area contributed by atoms with Crippen LogP contribution in [0.25, 0.3) is 0 Å². The zero-order chi connectivity index (χ0) is 15.1. The zero-order valence-electron chi connectivity index (χ0n) is 12.6. The molecule has 0 saturated carbocycles. The van der Waals surface area contributed by atoms with Crippen LogP contribution in [-0.4, -0.2) is 66.7 Å². The summed E-state index contributed by atoms with van der Waals surface area (Å²) in [6, 6.07) is 3.58. The number of furan rings is 1. The van der Waals surface area contributed by atoms with Crippen LogP contribution in [0.3, 0.4) is 0 Å². The lowest BCUT2D eigenvalue weighted by atomic mass is 10.2. The molecule has 118 valence electrons. The maximum atomic E-state index is 12.1. The molecule has 1 amide bonds. The van der Waals surface area contributed by atoms with Gasteiger partial charge >= 0.3 is 0 Å². The molecule has 6 heteroatoms. The number of carbonyl (C=O) groups excluding carboxylic acids is 1. The lowest BCUT2D eigenvalue weighted by Gasteiger charge is -2.21. The highest BCUT2D eigenvalue weighted by Crippen LogP contribution is 2.12. The smallest absolute Gasteiger partial charge is 0.234 e. The Morgan fingerprint density at radius 3 is 2.86 bits per heavy atom. The average Bonchev–Trinajstić information content (AvgIpc) is 2.90. The number of nitrogens with zero attached hydrogens (tertiary/aromatic N) is 2. The van der Waals surface area contributed by atoms with Crippen molar-refractivity contribution in [3.8, 4) is 0 Å². The molecule has 6 nitrogen and oxygen atoms in total. The molecule has 2 rings (SSSR count). The molecule has 21 heavy (non-hydrogen) atoms. The Balaban J connectivity index is 1.75. The van der Waals surface area contributed by atoms with Crippen LogP contribution in [0, 0.1) is 0 Å². The SMILES string of the molecule is CC(NC(=O)CN1CCCN(CCO)CC1)c1ccco1. The number of aliphatic hydroxyl groups is 1. The third-order valence-corrected chi connectivity index (χ3v) is 3.81. The van der Waals surface area contributed by atoms with Gasteiger partial charge in [-0.05, 0) is 38.6 Å². The van der Waals surface area contributed by atoms with Crippen LogP contribution in [0.4, 0.5) is 0 Å². The molecule has 0 aliphatic carbocycles. The van der Waals surface area contributed by atoms with E-state index in [4.69, 9.17) is 9.52 Å². The van der Waals surface area contributed by atoms with Gasteiger partial charge in [-0.3, -0.25) is 14.6 Å². The fraction of sp³-hybridized carbons (Fsp3) is 0.667. The number of carbonyl (C=O) groups is 1. The van der Waals surface area contributed by atoms with Crippen LogP contribution >= 0.6 is 0 Å². The van der Waals surface area contributed by atoms with Gasteiger partial charge in [0.05, 0.1) is 25.5 Å². The monoisotopic (exact) mass is 295 g/mol. The average molecular weight is 295 g/mol. The topological polar surface area (TPSA) is 69.0 Å². The van der Waals surface area contributed by atoms with Crippen LogP contribution in [0.5, 0.6) is 0 Å². The fourth-order valence-electron chi connectivity index (χ4n) is 2.65. The molecular weight excluding hydrogens is 270 g/mol. The lowest BCUT2D eigenvalue weighted by Crippen LogP contribution is -2.40. The lowest BCUT2D eigenvalue weighted by molar-refractivity contribution is -0.123. The molecule has 1 aliphatic heterocycles.